The number of nitrogens with two attached hydrogens (primary N) is 1. The molecule has 1 aromatic rings. The molecule has 4 nitrogen and oxygen atoms in total. The molecule has 1 atom stereocenters. The highest BCUT2D eigenvalue weighted by Gasteiger charge is 2.16. The highest BCUT2D eigenvalue weighted by molar-refractivity contribution is 5.42. The van der Waals surface area contributed by atoms with Crippen LogP contribution in [0.4, 0.5) is 0 Å². The Balaban J connectivity index is 3.27. The summed E-state index contributed by atoms with van der Waals surface area (Å²) in [4.78, 5) is 3.96. The number of aliphatic hydroxyl groups excluding tert-OH is 1. The average molecular weight is 196 g/mol. The van der Waals surface area contributed by atoms with Crippen LogP contribution in [0.3, 0.4) is 0 Å². The molecule has 1 heterocycles. The van der Waals surface area contributed by atoms with Gasteiger partial charge in [-0.1, -0.05) is 6.92 Å². The van der Waals surface area contributed by atoms with Crippen molar-refractivity contribution in [2.24, 2.45) is 5.73 Å². The summed E-state index contributed by atoms with van der Waals surface area (Å²) in [6.07, 6.45) is 2.27. The second-order valence-corrected chi connectivity index (χ2v) is 3.30. The zero-order valence-electron chi connectivity index (χ0n) is 8.49. The van der Waals surface area contributed by atoms with E-state index in [0.29, 0.717) is 23.2 Å². The summed E-state index contributed by atoms with van der Waals surface area (Å²) in [5.41, 5.74) is 7.60. The van der Waals surface area contributed by atoms with E-state index in [0.717, 1.165) is 0 Å². The van der Waals surface area contributed by atoms with Gasteiger partial charge < -0.3 is 15.9 Å². The largest absolute Gasteiger partial charge is 0.506 e. The first-order chi connectivity index (χ1) is 6.61. The highest BCUT2D eigenvalue weighted by Crippen LogP contribution is 2.29. The fourth-order valence-corrected chi connectivity index (χ4v) is 1.40. The molecular formula is C10H16N2O2. The van der Waals surface area contributed by atoms with Gasteiger partial charge in [-0.25, -0.2) is 0 Å². The van der Waals surface area contributed by atoms with Crippen LogP contribution < -0.4 is 5.73 Å². The minimum atomic E-state index is -0.251. The SMILES string of the molecule is CC[C@@H](N)c1c(CO)cnc(C)c1O. The Hall–Kier alpha value is -1.13. The van der Waals surface area contributed by atoms with Gasteiger partial charge in [0.15, 0.2) is 0 Å². The van der Waals surface area contributed by atoms with Crippen molar-refractivity contribution in [1.82, 2.24) is 4.98 Å². The Labute approximate surface area is 83.4 Å². The van der Waals surface area contributed by atoms with E-state index in [-0.39, 0.29) is 18.4 Å². The lowest BCUT2D eigenvalue weighted by Crippen LogP contribution is -2.13. The second kappa shape index (κ2) is 4.39. The van der Waals surface area contributed by atoms with Crippen LogP contribution in [0.1, 0.15) is 36.2 Å². The Morgan fingerprint density at radius 3 is 2.71 bits per heavy atom. The molecule has 0 unspecified atom stereocenters. The minimum Gasteiger partial charge on any atom is -0.506 e. The van der Waals surface area contributed by atoms with E-state index in [9.17, 15) is 5.11 Å². The van der Waals surface area contributed by atoms with Crippen LogP contribution in [0.2, 0.25) is 0 Å². The number of nitrogens with zero attached hydrogens (tertiary/aromatic N) is 1. The van der Waals surface area contributed by atoms with Crippen LogP contribution in [0.5, 0.6) is 5.75 Å². The van der Waals surface area contributed by atoms with Crippen LogP contribution in [0.25, 0.3) is 0 Å². The zero-order valence-corrected chi connectivity index (χ0v) is 8.49. The molecule has 14 heavy (non-hydrogen) atoms. The minimum absolute atomic E-state index is 0.103. The van der Waals surface area contributed by atoms with Gasteiger partial charge in [0.05, 0.1) is 12.3 Å². The molecule has 0 saturated carbocycles. The van der Waals surface area contributed by atoms with E-state index in [1.165, 1.54) is 0 Å². The van der Waals surface area contributed by atoms with E-state index >= 15 is 0 Å². The maximum atomic E-state index is 9.76. The number of pyridine rings is 1. The Bertz CT molecular complexity index is 326. The molecule has 0 saturated heterocycles. The summed E-state index contributed by atoms with van der Waals surface area (Å²) in [7, 11) is 0. The van der Waals surface area contributed by atoms with Crippen LogP contribution >= 0.6 is 0 Å². The smallest absolute Gasteiger partial charge is 0.141 e. The van der Waals surface area contributed by atoms with Crippen molar-refractivity contribution >= 4 is 0 Å². The lowest BCUT2D eigenvalue weighted by molar-refractivity contribution is 0.278. The molecule has 0 aliphatic heterocycles. The molecule has 0 bridgehead atoms. The van der Waals surface area contributed by atoms with E-state index in [1.54, 1.807) is 13.1 Å². The maximum absolute atomic E-state index is 9.76. The Kier molecular flexibility index (Phi) is 3.43. The molecular weight excluding hydrogens is 180 g/mol. The first kappa shape index (κ1) is 10.9. The van der Waals surface area contributed by atoms with E-state index in [2.05, 4.69) is 4.98 Å². The topological polar surface area (TPSA) is 79.4 Å². The summed E-state index contributed by atoms with van der Waals surface area (Å²) in [5, 5.41) is 18.8. The molecule has 78 valence electrons. The molecule has 0 radical (unpaired) electrons. The fraction of sp³-hybridized carbons (Fsp3) is 0.500. The predicted molar refractivity (Wildman–Crippen MR) is 53.8 cm³/mol. The van der Waals surface area contributed by atoms with Gasteiger partial charge in [0.25, 0.3) is 0 Å². The second-order valence-electron chi connectivity index (χ2n) is 3.30. The number of aryl methyl sites for hydroxylation is 1. The number of rotatable bonds is 3. The first-order valence-corrected chi connectivity index (χ1v) is 4.65. The summed E-state index contributed by atoms with van der Waals surface area (Å²) in [6, 6.07) is -0.251. The van der Waals surface area contributed by atoms with Crippen LogP contribution in [0, 0.1) is 6.92 Å². The van der Waals surface area contributed by atoms with Crippen molar-refractivity contribution in [1.29, 1.82) is 0 Å². The molecule has 0 aliphatic rings. The fourth-order valence-electron chi connectivity index (χ4n) is 1.40. The normalized spacial score (nSPS) is 12.9. The van der Waals surface area contributed by atoms with Gasteiger partial charge in [0, 0.05) is 23.4 Å². The van der Waals surface area contributed by atoms with Crippen molar-refractivity contribution < 1.29 is 10.2 Å². The third-order valence-electron chi connectivity index (χ3n) is 2.34. The molecule has 0 aliphatic carbocycles. The Morgan fingerprint density at radius 2 is 2.21 bits per heavy atom. The van der Waals surface area contributed by atoms with Gasteiger partial charge in [-0.3, -0.25) is 4.98 Å². The van der Waals surface area contributed by atoms with Gasteiger partial charge in [0.2, 0.25) is 0 Å². The van der Waals surface area contributed by atoms with Gasteiger partial charge in [-0.2, -0.15) is 0 Å². The highest BCUT2D eigenvalue weighted by atomic mass is 16.3. The monoisotopic (exact) mass is 196 g/mol. The molecule has 1 aromatic heterocycles. The van der Waals surface area contributed by atoms with Crippen molar-refractivity contribution in [3.63, 3.8) is 0 Å². The lowest BCUT2D eigenvalue weighted by Gasteiger charge is -2.16. The molecule has 0 fully saturated rings. The Morgan fingerprint density at radius 1 is 1.57 bits per heavy atom. The quantitative estimate of drug-likeness (QED) is 0.673. The molecule has 1 rings (SSSR count). The van der Waals surface area contributed by atoms with Gasteiger partial charge >= 0.3 is 0 Å². The van der Waals surface area contributed by atoms with Crippen molar-refractivity contribution in [3.8, 4) is 5.75 Å². The number of aliphatic hydroxyl groups is 1. The van der Waals surface area contributed by atoms with Crippen molar-refractivity contribution in [2.45, 2.75) is 32.9 Å². The molecule has 0 aromatic carbocycles. The summed E-state index contributed by atoms with van der Waals surface area (Å²) in [5.74, 6) is 0.103. The van der Waals surface area contributed by atoms with Crippen LogP contribution in [0.15, 0.2) is 6.20 Å². The molecule has 0 spiro atoms. The van der Waals surface area contributed by atoms with E-state index in [4.69, 9.17) is 10.8 Å². The summed E-state index contributed by atoms with van der Waals surface area (Å²) < 4.78 is 0. The van der Waals surface area contributed by atoms with Gasteiger partial charge in [0.1, 0.15) is 5.75 Å². The van der Waals surface area contributed by atoms with Crippen LogP contribution in [-0.4, -0.2) is 15.2 Å². The predicted octanol–water partition coefficient (Wildman–Crippen LogP) is 0.998. The third-order valence-corrected chi connectivity index (χ3v) is 2.34. The third kappa shape index (κ3) is 1.86. The first-order valence-electron chi connectivity index (χ1n) is 4.65. The number of aromatic hydroxyl groups is 1. The van der Waals surface area contributed by atoms with Crippen LogP contribution in [-0.2, 0) is 6.61 Å². The van der Waals surface area contributed by atoms with Gasteiger partial charge in [-0.15, -0.1) is 0 Å². The molecule has 0 amide bonds. The van der Waals surface area contributed by atoms with E-state index < -0.39 is 0 Å². The van der Waals surface area contributed by atoms with Gasteiger partial charge in [-0.05, 0) is 13.3 Å². The number of hydrogen-bond acceptors (Lipinski definition) is 4. The number of hydrogen-bond donors (Lipinski definition) is 3. The van der Waals surface area contributed by atoms with E-state index in [1.807, 2.05) is 6.92 Å². The number of aromatic nitrogens is 1. The summed E-state index contributed by atoms with van der Waals surface area (Å²) in [6.45, 7) is 3.49. The summed E-state index contributed by atoms with van der Waals surface area (Å²) >= 11 is 0. The standard InChI is InChI=1S/C10H16N2O2/c1-3-8(11)9-7(5-13)4-12-6(2)10(9)14/h4,8,13-14H,3,5,11H2,1-2H3/t8-/m1/s1. The average Bonchev–Trinajstić information content (AvgIpc) is 2.20. The van der Waals surface area contributed by atoms with Crippen molar-refractivity contribution in [2.75, 3.05) is 0 Å². The zero-order chi connectivity index (χ0) is 10.7. The lowest BCUT2D eigenvalue weighted by atomic mass is 9.99. The molecule has 4 heteroatoms. The maximum Gasteiger partial charge on any atom is 0.141 e. The molecule has 4 N–H and O–H groups in total. The van der Waals surface area contributed by atoms with Crippen molar-refractivity contribution in [3.05, 3.63) is 23.0 Å².